The van der Waals surface area contributed by atoms with Crippen LogP contribution in [0.3, 0.4) is 0 Å². The molecule has 0 amide bonds. The van der Waals surface area contributed by atoms with E-state index in [0.717, 1.165) is 5.56 Å². The second-order valence-electron chi connectivity index (χ2n) is 2.78. The smallest absolute Gasteiger partial charge is 0.142 e. The number of nitrogens with zero attached hydrogens (tertiary/aromatic N) is 1. The van der Waals surface area contributed by atoms with E-state index in [9.17, 15) is 0 Å². The SMILES string of the molecule is Cc1ccc(CON=CCN)cc1. The molecule has 0 aliphatic heterocycles. The fourth-order valence-electron chi connectivity index (χ4n) is 0.892. The Morgan fingerprint density at radius 3 is 2.69 bits per heavy atom. The molecule has 0 radical (unpaired) electrons. The largest absolute Gasteiger partial charge is 0.391 e. The number of benzene rings is 1. The molecule has 0 aliphatic carbocycles. The zero-order valence-electron chi connectivity index (χ0n) is 7.73. The van der Waals surface area contributed by atoms with Gasteiger partial charge in [0, 0.05) is 6.54 Å². The second kappa shape index (κ2) is 5.32. The number of oxime groups is 1. The highest BCUT2D eigenvalue weighted by Gasteiger charge is 1.90. The van der Waals surface area contributed by atoms with Crippen molar-refractivity contribution >= 4 is 6.21 Å². The van der Waals surface area contributed by atoms with Crippen LogP contribution in [0.15, 0.2) is 29.4 Å². The van der Waals surface area contributed by atoms with E-state index in [-0.39, 0.29) is 0 Å². The van der Waals surface area contributed by atoms with Crippen LogP contribution in [0, 0.1) is 6.92 Å². The maximum atomic E-state index is 5.20. The molecule has 0 heterocycles. The molecular formula is C10H14N2O. The molecule has 0 saturated heterocycles. The van der Waals surface area contributed by atoms with Crippen molar-refractivity contribution in [2.75, 3.05) is 6.54 Å². The van der Waals surface area contributed by atoms with Crippen molar-refractivity contribution in [2.24, 2.45) is 10.9 Å². The van der Waals surface area contributed by atoms with Crippen LogP contribution in [0.25, 0.3) is 0 Å². The first kappa shape index (κ1) is 9.74. The number of aryl methyl sites for hydroxylation is 1. The third-order valence-corrected chi connectivity index (χ3v) is 1.61. The van der Waals surface area contributed by atoms with E-state index in [1.165, 1.54) is 11.8 Å². The molecule has 0 spiro atoms. The zero-order chi connectivity index (χ0) is 9.52. The van der Waals surface area contributed by atoms with Crippen LogP contribution in [-0.4, -0.2) is 12.8 Å². The van der Waals surface area contributed by atoms with E-state index in [0.29, 0.717) is 13.2 Å². The lowest BCUT2D eigenvalue weighted by Crippen LogP contribution is -1.99. The van der Waals surface area contributed by atoms with E-state index in [1.807, 2.05) is 24.3 Å². The van der Waals surface area contributed by atoms with Crippen molar-refractivity contribution < 1.29 is 4.84 Å². The van der Waals surface area contributed by atoms with Gasteiger partial charge in [0.2, 0.25) is 0 Å². The Morgan fingerprint density at radius 2 is 2.08 bits per heavy atom. The molecule has 13 heavy (non-hydrogen) atoms. The number of hydrogen-bond acceptors (Lipinski definition) is 3. The summed E-state index contributed by atoms with van der Waals surface area (Å²) in [6.45, 7) is 2.96. The summed E-state index contributed by atoms with van der Waals surface area (Å²) in [4.78, 5) is 4.99. The summed E-state index contributed by atoms with van der Waals surface area (Å²) in [7, 11) is 0. The van der Waals surface area contributed by atoms with Gasteiger partial charge < -0.3 is 10.6 Å². The van der Waals surface area contributed by atoms with Gasteiger partial charge in [-0.15, -0.1) is 0 Å². The van der Waals surface area contributed by atoms with Gasteiger partial charge in [0.15, 0.2) is 0 Å². The summed E-state index contributed by atoms with van der Waals surface area (Å²) in [5, 5.41) is 3.66. The lowest BCUT2D eigenvalue weighted by Gasteiger charge is -1.99. The highest BCUT2D eigenvalue weighted by atomic mass is 16.6. The second-order valence-corrected chi connectivity index (χ2v) is 2.78. The molecule has 2 N–H and O–H groups in total. The standard InChI is InChI=1S/C10H14N2O/c1-9-2-4-10(5-3-9)8-13-12-7-6-11/h2-5,7H,6,8,11H2,1H3. The van der Waals surface area contributed by atoms with Gasteiger partial charge in [0.1, 0.15) is 6.61 Å². The Labute approximate surface area is 78.2 Å². The van der Waals surface area contributed by atoms with Gasteiger partial charge in [0.05, 0.1) is 6.21 Å². The Hall–Kier alpha value is -1.35. The molecule has 0 bridgehead atoms. The first-order valence-electron chi connectivity index (χ1n) is 4.22. The average Bonchev–Trinajstić information content (AvgIpc) is 2.15. The van der Waals surface area contributed by atoms with Gasteiger partial charge in [-0.2, -0.15) is 0 Å². The lowest BCUT2D eigenvalue weighted by molar-refractivity contribution is 0.131. The highest BCUT2D eigenvalue weighted by Crippen LogP contribution is 2.04. The third kappa shape index (κ3) is 3.71. The number of rotatable bonds is 4. The molecule has 1 aromatic rings. The number of nitrogens with two attached hydrogens (primary N) is 1. The van der Waals surface area contributed by atoms with E-state index in [2.05, 4.69) is 12.1 Å². The Kier molecular flexibility index (Phi) is 3.99. The van der Waals surface area contributed by atoms with Crippen LogP contribution in [0.2, 0.25) is 0 Å². The van der Waals surface area contributed by atoms with Crippen LogP contribution in [0.1, 0.15) is 11.1 Å². The van der Waals surface area contributed by atoms with Crippen LogP contribution >= 0.6 is 0 Å². The maximum absolute atomic E-state index is 5.20. The molecule has 0 unspecified atom stereocenters. The topological polar surface area (TPSA) is 47.6 Å². The van der Waals surface area contributed by atoms with Gasteiger partial charge in [-0.25, -0.2) is 0 Å². The minimum Gasteiger partial charge on any atom is -0.391 e. The van der Waals surface area contributed by atoms with Crippen LogP contribution in [0.4, 0.5) is 0 Å². The normalized spacial score (nSPS) is 10.6. The molecule has 3 heteroatoms. The molecule has 70 valence electrons. The molecule has 0 aromatic heterocycles. The van der Waals surface area contributed by atoms with Crippen LogP contribution < -0.4 is 5.73 Å². The fourth-order valence-corrected chi connectivity index (χ4v) is 0.892. The highest BCUT2D eigenvalue weighted by molar-refractivity contribution is 5.58. The van der Waals surface area contributed by atoms with Gasteiger partial charge in [0.25, 0.3) is 0 Å². The first-order chi connectivity index (χ1) is 6.33. The molecule has 0 saturated carbocycles. The summed E-state index contributed by atoms with van der Waals surface area (Å²) in [5.41, 5.74) is 7.55. The van der Waals surface area contributed by atoms with Crippen molar-refractivity contribution in [3.63, 3.8) is 0 Å². The zero-order valence-corrected chi connectivity index (χ0v) is 7.73. The molecule has 0 fully saturated rings. The predicted octanol–water partition coefficient (Wildman–Crippen LogP) is 1.46. The van der Waals surface area contributed by atoms with Crippen molar-refractivity contribution in [2.45, 2.75) is 13.5 Å². The molecule has 1 aromatic carbocycles. The van der Waals surface area contributed by atoms with E-state index in [4.69, 9.17) is 10.6 Å². The van der Waals surface area contributed by atoms with Crippen molar-refractivity contribution in [1.29, 1.82) is 0 Å². The van der Waals surface area contributed by atoms with Crippen LogP contribution in [-0.2, 0) is 11.4 Å². The summed E-state index contributed by atoms with van der Waals surface area (Å²) in [6, 6.07) is 8.14. The van der Waals surface area contributed by atoms with Crippen molar-refractivity contribution in [3.05, 3.63) is 35.4 Å². The molecule has 1 rings (SSSR count). The molecule has 0 aliphatic rings. The van der Waals surface area contributed by atoms with Gasteiger partial charge in [-0.05, 0) is 12.5 Å². The minimum atomic E-state index is 0.411. The fraction of sp³-hybridized carbons (Fsp3) is 0.300. The summed E-state index contributed by atoms with van der Waals surface area (Å²) in [5.74, 6) is 0. The monoisotopic (exact) mass is 178 g/mol. The van der Waals surface area contributed by atoms with Crippen molar-refractivity contribution in [1.82, 2.24) is 0 Å². The molecule has 0 atom stereocenters. The average molecular weight is 178 g/mol. The molecular weight excluding hydrogens is 164 g/mol. The van der Waals surface area contributed by atoms with E-state index in [1.54, 1.807) is 0 Å². The summed E-state index contributed by atoms with van der Waals surface area (Å²) in [6.07, 6.45) is 1.54. The Balaban J connectivity index is 2.37. The van der Waals surface area contributed by atoms with Crippen molar-refractivity contribution in [3.8, 4) is 0 Å². The Bertz CT molecular complexity index is 267. The van der Waals surface area contributed by atoms with Crippen LogP contribution in [0.5, 0.6) is 0 Å². The summed E-state index contributed by atoms with van der Waals surface area (Å²) >= 11 is 0. The lowest BCUT2D eigenvalue weighted by atomic mass is 10.2. The Morgan fingerprint density at radius 1 is 1.38 bits per heavy atom. The summed E-state index contributed by atoms with van der Waals surface area (Å²) < 4.78 is 0. The minimum absolute atomic E-state index is 0.411. The van der Waals surface area contributed by atoms with E-state index >= 15 is 0 Å². The first-order valence-corrected chi connectivity index (χ1v) is 4.22. The quantitative estimate of drug-likeness (QED) is 0.560. The van der Waals surface area contributed by atoms with Gasteiger partial charge in [-0.3, -0.25) is 0 Å². The predicted molar refractivity (Wildman–Crippen MR) is 53.5 cm³/mol. The molecule has 3 nitrogen and oxygen atoms in total. The third-order valence-electron chi connectivity index (χ3n) is 1.61. The number of hydrogen-bond donors (Lipinski definition) is 1. The maximum Gasteiger partial charge on any atom is 0.142 e. The van der Waals surface area contributed by atoms with Gasteiger partial charge in [-0.1, -0.05) is 35.0 Å². The van der Waals surface area contributed by atoms with Gasteiger partial charge >= 0.3 is 0 Å². The van der Waals surface area contributed by atoms with E-state index < -0.39 is 0 Å².